The van der Waals surface area contributed by atoms with Gasteiger partial charge in [-0.3, -0.25) is 0 Å². The second kappa shape index (κ2) is 6.03. The van der Waals surface area contributed by atoms with Crippen molar-refractivity contribution in [2.45, 2.75) is 11.8 Å². The lowest BCUT2D eigenvalue weighted by Gasteiger charge is -2.12. The predicted molar refractivity (Wildman–Crippen MR) is 76.7 cm³/mol. The highest BCUT2D eigenvalue weighted by Gasteiger charge is 2.21. The van der Waals surface area contributed by atoms with Gasteiger partial charge in [0.05, 0.1) is 18.7 Å². The SMILES string of the molecule is COc1cc(C#N)ccc1OS(=O)(=O)c1ccc(F)cc1C. The Labute approximate surface area is 127 Å². The Kier molecular flexibility index (Phi) is 4.33. The normalized spacial score (nSPS) is 10.8. The van der Waals surface area contributed by atoms with Crippen molar-refractivity contribution in [1.82, 2.24) is 0 Å². The van der Waals surface area contributed by atoms with Crippen LogP contribution in [0.4, 0.5) is 4.39 Å². The van der Waals surface area contributed by atoms with Crippen LogP contribution < -0.4 is 8.92 Å². The summed E-state index contributed by atoms with van der Waals surface area (Å²) in [7, 11) is -2.81. The number of hydrogen-bond donors (Lipinski definition) is 0. The van der Waals surface area contributed by atoms with Crippen LogP contribution in [0.25, 0.3) is 0 Å². The molecule has 2 aromatic rings. The molecule has 0 saturated carbocycles. The minimum Gasteiger partial charge on any atom is -0.493 e. The molecule has 0 aromatic heterocycles. The van der Waals surface area contributed by atoms with E-state index in [0.29, 0.717) is 5.56 Å². The summed E-state index contributed by atoms with van der Waals surface area (Å²) in [6, 6.07) is 9.29. The van der Waals surface area contributed by atoms with Crippen LogP contribution in [-0.4, -0.2) is 15.5 Å². The summed E-state index contributed by atoms with van der Waals surface area (Å²) in [5.41, 5.74) is 0.534. The second-order valence-electron chi connectivity index (χ2n) is 4.42. The third kappa shape index (κ3) is 3.18. The zero-order valence-corrected chi connectivity index (χ0v) is 12.6. The minimum atomic E-state index is -4.14. The third-order valence-electron chi connectivity index (χ3n) is 2.90. The summed E-state index contributed by atoms with van der Waals surface area (Å²) in [6.45, 7) is 1.47. The van der Waals surface area contributed by atoms with Crippen LogP contribution >= 0.6 is 0 Å². The zero-order valence-electron chi connectivity index (χ0n) is 11.8. The topological polar surface area (TPSA) is 76.4 Å². The lowest BCUT2D eigenvalue weighted by atomic mass is 10.2. The molecule has 5 nitrogen and oxygen atoms in total. The number of rotatable bonds is 4. The quantitative estimate of drug-likeness (QED) is 0.809. The number of ether oxygens (including phenoxy) is 1. The molecule has 2 aromatic carbocycles. The Bertz CT molecular complexity index is 856. The molecule has 0 fully saturated rings. The molecular weight excluding hydrogens is 309 g/mol. The minimum absolute atomic E-state index is 0.0507. The summed E-state index contributed by atoms with van der Waals surface area (Å²) in [6.07, 6.45) is 0. The summed E-state index contributed by atoms with van der Waals surface area (Å²) >= 11 is 0. The van der Waals surface area contributed by atoms with E-state index in [1.807, 2.05) is 6.07 Å². The van der Waals surface area contributed by atoms with E-state index in [9.17, 15) is 12.8 Å². The molecule has 2 rings (SSSR count). The first kappa shape index (κ1) is 15.8. The van der Waals surface area contributed by atoms with E-state index >= 15 is 0 Å². The molecule has 0 spiro atoms. The molecule has 0 unspecified atom stereocenters. The van der Waals surface area contributed by atoms with Gasteiger partial charge in [0, 0.05) is 6.07 Å². The Hall–Kier alpha value is -2.59. The maximum Gasteiger partial charge on any atom is 0.339 e. The molecular formula is C15H12FNO4S. The Balaban J connectivity index is 2.43. The van der Waals surface area contributed by atoms with Gasteiger partial charge in [0.25, 0.3) is 0 Å². The lowest BCUT2D eigenvalue weighted by molar-refractivity contribution is 0.390. The molecule has 0 aliphatic carbocycles. The fraction of sp³-hybridized carbons (Fsp3) is 0.133. The van der Waals surface area contributed by atoms with Gasteiger partial charge in [-0.2, -0.15) is 13.7 Å². The van der Waals surface area contributed by atoms with E-state index in [4.69, 9.17) is 14.2 Å². The van der Waals surface area contributed by atoms with Gasteiger partial charge in [0.2, 0.25) is 0 Å². The van der Waals surface area contributed by atoms with Crippen LogP contribution in [0.5, 0.6) is 11.5 Å². The van der Waals surface area contributed by atoms with Crippen molar-refractivity contribution in [2.24, 2.45) is 0 Å². The summed E-state index contributed by atoms with van der Waals surface area (Å²) < 4.78 is 47.7. The summed E-state index contributed by atoms with van der Waals surface area (Å²) in [5, 5.41) is 8.82. The first-order chi connectivity index (χ1) is 10.4. The fourth-order valence-electron chi connectivity index (χ4n) is 1.86. The highest BCUT2D eigenvalue weighted by Crippen LogP contribution is 2.31. The Morgan fingerprint density at radius 2 is 1.86 bits per heavy atom. The average Bonchev–Trinajstić information content (AvgIpc) is 2.46. The number of aryl methyl sites for hydroxylation is 1. The van der Waals surface area contributed by atoms with Gasteiger partial charge in [0.1, 0.15) is 10.7 Å². The van der Waals surface area contributed by atoms with Crippen molar-refractivity contribution in [3.8, 4) is 17.6 Å². The Morgan fingerprint density at radius 1 is 1.14 bits per heavy atom. The van der Waals surface area contributed by atoms with E-state index in [-0.39, 0.29) is 22.0 Å². The number of methoxy groups -OCH3 is 1. The van der Waals surface area contributed by atoms with E-state index in [0.717, 1.165) is 18.2 Å². The predicted octanol–water partition coefficient (Wildman–Crippen LogP) is 2.78. The number of nitrogens with zero attached hydrogens (tertiary/aromatic N) is 1. The molecule has 0 N–H and O–H groups in total. The molecule has 22 heavy (non-hydrogen) atoms. The average molecular weight is 321 g/mol. The van der Waals surface area contributed by atoms with E-state index in [2.05, 4.69) is 0 Å². The first-order valence-corrected chi connectivity index (χ1v) is 7.57. The maximum absolute atomic E-state index is 13.1. The molecule has 7 heteroatoms. The molecule has 0 aliphatic heterocycles. The number of hydrogen-bond acceptors (Lipinski definition) is 5. The number of nitriles is 1. The van der Waals surface area contributed by atoms with Crippen LogP contribution in [-0.2, 0) is 10.1 Å². The standard InChI is InChI=1S/C15H12FNO4S/c1-10-7-12(16)4-6-15(10)22(18,19)21-13-5-3-11(9-17)8-14(13)20-2/h3-8H,1-2H3. The van der Waals surface area contributed by atoms with Crippen molar-refractivity contribution in [2.75, 3.05) is 7.11 Å². The maximum atomic E-state index is 13.1. The monoisotopic (exact) mass is 321 g/mol. The van der Waals surface area contributed by atoms with Crippen molar-refractivity contribution < 1.29 is 21.7 Å². The van der Waals surface area contributed by atoms with Gasteiger partial charge in [0.15, 0.2) is 11.5 Å². The summed E-state index contributed by atoms with van der Waals surface area (Å²) in [5.74, 6) is -0.472. The largest absolute Gasteiger partial charge is 0.493 e. The molecule has 114 valence electrons. The first-order valence-electron chi connectivity index (χ1n) is 6.16. The molecule has 0 amide bonds. The third-order valence-corrected chi connectivity index (χ3v) is 4.29. The van der Waals surface area contributed by atoms with E-state index in [1.54, 1.807) is 0 Å². The number of halogens is 1. The van der Waals surface area contributed by atoms with Gasteiger partial charge < -0.3 is 8.92 Å². The van der Waals surface area contributed by atoms with Crippen molar-refractivity contribution >= 4 is 10.1 Å². The van der Waals surface area contributed by atoms with Crippen LogP contribution in [0.3, 0.4) is 0 Å². The second-order valence-corrected chi connectivity index (χ2v) is 5.94. The zero-order chi connectivity index (χ0) is 16.3. The van der Waals surface area contributed by atoms with Crippen LogP contribution in [0.1, 0.15) is 11.1 Å². The smallest absolute Gasteiger partial charge is 0.339 e. The number of benzene rings is 2. The van der Waals surface area contributed by atoms with Gasteiger partial charge in [-0.05, 0) is 42.8 Å². The van der Waals surface area contributed by atoms with Gasteiger partial charge >= 0.3 is 10.1 Å². The molecule has 0 saturated heterocycles. The lowest BCUT2D eigenvalue weighted by Crippen LogP contribution is -2.12. The molecule has 0 bridgehead atoms. The van der Waals surface area contributed by atoms with Gasteiger partial charge in [-0.15, -0.1) is 0 Å². The molecule has 0 heterocycles. The van der Waals surface area contributed by atoms with Crippen LogP contribution in [0.2, 0.25) is 0 Å². The molecule has 0 aliphatic rings. The van der Waals surface area contributed by atoms with Crippen LogP contribution in [0.15, 0.2) is 41.3 Å². The van der Waals surface area contributed by atoms with E-state index in [1.165, 1.54) is 32.2 Å². The Morgan fingerprint density at radius 3 is 2.45 bits per heavy atom. The molecule has 0 radical (unpaired) electrons. The van der Waals surface area contributed by atoms with Gasteiger partial charge in [-0.1, -0.05) is 0 Å². The van der Waals surface area contributed by atoms with Crippen molar-refractivity contribution in [3.63, 3.8) is 0 Å². The fourth-order valence-corrected chi connectivity index (χ4v) is 3.01. The van der Waals surface area contributed by atoms with Crippen molar-refractivity contribution in [1.29, 1.82) is 5.26 Å². The highest BCUT2D eigenvalue weighted by molar-refractivity contribution is 7.87. The van der Waals surface area contributed by atoms with E-state index < -0.39 is 15.9 Å². The molecule has 0 atom stereocenters. The van der Waals surface area contributed by atoms with Crippen molar-refractivity contribution in [3.05, 3.63) is 53.3 Å². The van der Waals surface area contributed by atoms with Gasteiger partial charge in [-0.25, -0.2) is 4.39 Å². The van der Waals surface area contributed by atoms with Crippen LogP contribution in [0, 0.1) is 24.1 Å². The highest BCUT2D eigenvalue weighted by atomic mass is 32.2. The summed E-state index contributed by atoms with van der Waals surface area (Å²) in [4.78, 5) is -0.139.